The van der Waals surface area contributed by atoms with Crippen LogP contribution in [0.3, 0.4) is 0 Å². The maximum Gasteiger partial charge on any atom is 0.0387 e. The Labute approximate surface area is 105 Å². The molecule has 0 saturated heterocycles. The van der Waals surface area contributed by atoms with Crippen LogP contribution in [0.1, 0.15) is 30.7 Å². The minimum absolute atomic E-state index is 0.685. The quantitative estimate of drug-likeness (QED) is 0.889. The van der Waals surface area contributed by atoms with Gasteiger partial charge >= 0.3 is 0 Å². The molecule has 3 heteroatoms. The molecule has 1 heterocycles. The fraction of sp³-hybridized carbons (Fsp3) is 0.538. The first-order valence-electron chi connectivity index (χ1n) is 6.09. The summed E-state index contributed by atoms with van der Waals surface area (Å²) in [7, 11) is 0. The van der Waals surface area contributed by atoms with Crippen LogP contribution in [0, 0.1) is 0 Å². The summed E-state index contributed by atoms with van der Waals surface area (Å²) in [5.74, 6) is 0.685. The highest BCUT2D eigenvalue weighted by Gasteiger charge is 2.24. The molecule has 0 spiro atoms. The van der Waals surface area contributed by atoms with Crippen molar-refractivity contribution in [2.75, 3.05) is 18.4 Å². The number of hydrogen-bond donors (Lipinski definition) is 2. The van der Waals surface area contributed by atoms with E-state index in [1.165, 1.54) is 30.5 Å². The predicted molar refractivity (Wildman–Crippen MR) is 71.0 cm³/mol. The average Bonchev–Trinajstić information content (AvgIpc) is 3.09. The molecular formula is C13H17BrN2. The van der Waals surface area contributed by atoms with E-state index in [4.69, 9.17) is 0 Å². The fourth-order valence-corrected chi connectivity index (χ4v) is 2.74. The zero-order chi connectivity index (χ0) is 11.0. The van der Waals surface area contributed by atoms with Gasteiger partial charge in [-0.15, -0.1) is 0 Å². The molecule has 1 fully saturated rings. The van der Waals surface area contributed by atoms with Gasteiger partial charge in [-0.25, -0.2) is 0 Å². The van der Waals surface area contributed by atoms with Gasteiger partial charge in [0.05, 0.1) is 0 Å². The molecular weight excluding hydrogens is 264 g/mol. The van der Waals surface area contributed by atoms with Crippen LogP contribution < -0.4 is 10.6 Å². The summed E-state index contributed by atoms with van der Waals surface area (Å²) in [5, 5.41) is 7.12. The third kappa shape index (κ3) is 2.25. The molecule has 2 N–H and O–H groups in total. The number of fused-ring (bicyclic) bond motifs is 1. The Bertz CT molecular complexity index is 388. The normalized spacial score (nSPS) is 23.7. The molecule has 16 heavy (non-hydrogen) atoms. The Hall–Kier alpha value is -0.540. The maximum absolute atomic E-state index is 3.64. The van der Waals surface area contributed by atoms with Crippen molar-refractivity contribution in [2.24, 2.45) is 0 Å². The van der Waals surface area contributed by atoms with Crippen molar-refractivity contribution in [3.05, 3.63) is 28.2 Å². The molecule has 3 rings (SSSR count). The largest absolute Gasteiger partial charge is 0.385 e. The maximum atomic E-state index is 3.64. The van der Waals surface area contributed by atoms with Crippen LogP contribution >= 0.6 is 15.9 Å². The second-order valence-electron chi connectivity index (χ2n) is 4.83. The van der Waals surface area contributed by atoms with Crippen molar-refractivity contribution in [1.29, 1.82) is 0 Å². The van der Waals surface area contributed by atoms with Crippen molar-refractivity contribution in [3.63, 3.8) is 0 Å². The van der Waals surface area contributed by atoms with Gasteiger partial charge in [0, 0.05) is 35.2 Å². The van der Waals surface area contributed by atoms with Crippen molar-refractivity contribution in [3.8, 4) is 0 Å². The Balaban J connectivity index is 1.76. The lowest BCUT2D eigenvalue weighted by atomic mass is 9.91. The van der Waals surface area contributed by atoms with Crippen LogP contribution in [0.5, 0.6) is 0 Å². The zero-order valence-corrected chi connectivity index (χ0v) is 10.9. The van der Waals surface area contributed by atoms with E-state index in [0.717, 1.165) is 23.6 Å². The Morgan fingerprint density at radius 1 is 1.31 bits per heavy atom. The van der Waals surface area contributed by atoms with Gasteiger partial charge in [0.25, 0.3) is 0 Å². The van der Waals surface area contributed by atoms with Gasteiger partial charge < -0.3 is 10.6 Å². The highest BCUT2D eigenvalue weighted by molar-refractivity contribution is 9.10. The van der Waals surface area contributed by atoms with Crippen LogP contribution in [0.2, 0.25) is 0 Å². The van der Waals surface area contributed by atoms with E-state index in [-0.39, 0.29) is 0 Å². The van der Waals surface area contributed by atoms with Gasteiger partial charge in [0.15, 0.2) is 0 Å². The second-order valence-corrected chi connectivity index (χ2v) is 5.74. The highest BCUT2D eigenvalue weighted by Crippen LogP contribution is 2.33. The molecule has 0 amide bonds. The summed E-state index contributed by atoms with van der Waals surface area (Å²) in [6.45, 7) is 2.24. The van der Waals surface area contributed by atoms with Gasteiger partial charge in [-0.3, -0.25) is 0 Å². The minimum Gasteiger partial charge on any atom is -0.385 e. The van der Waals surface area contributed by atoms with E-state index in [9.17, 15) is 0 Å². The lowest BCUT2D eigenvalue weighted by Crippen LogP contribution is -2.28. The summed E-state index contributed by atoms with van der Waals surface area (Å²) >= 11 is 3.53. The Morgan fingerprint density at radius 3 is 3.00 bits per heavy atom. The molecule has 1 aromatic carbocycles. The van der Waals surface area contributed by atoms with Gasteiger partial charge in [-0.1, -0.05) is 22.0 Å². The third-order valence-electron chi connectivity index (χ3n) is 3.49. The lowest BCUT2D eigenvalue weighted by Gasteiger charge is -2.27. The van der Waals surface area contributed by atoms with E-state index in [2.05, 4.69) is 44.8 Å². The van der Waals surface area contributed by atoms with E-state index in [1.807, 2.05) is 0 Å². The molecule has 0 aromatic heterocycles. The van der Waals surface area contributed by atoms with Gasteiger partial charge in [-0.05, 0) is 37.0 Å². The minimum atomic E-state index is 0.685. The topological polar surface area (TPSA) is 24.1 Å². The van der Waals surface area contributed by atoms with Crippen molar-refractivity contribution < 1.29 is 0 Å². The summed E-state index contributed by atoms with van der Waals surface area (Å²) in [5.41, 5.74) is 2.78. The van der Waals surface area contributed by atoms with E-state index >= 15 is 0 Å². The van der Waals surface area contributed by atoms with Gasteiger partial charge in [-0.2, -0.15) is 0 Å². The molecule has 1 aliphatic carbocycles. The number of nitrogens with one attached hydrogen (secondary N) is 2. The van der Waals surface area contributed by atoms with E-state index in [0.29, 0.717) is 5.92 Å². The molecule has 0 bridgehead atoms. The van der Waals surface area contributed by atoms with Crippen molar-refractivity contribution >= 4 is 21.6 Å². The molecule has 2 nitrogen and oxygen atoms in total. The SMILES string of the molecule is Brc1ccc2c(c1)NCCC2CNC1CC1. The summed E-state index contributed by atoms with van der Waals surface area (Å²) in [4.78, 5) is 0. The number of anilines is 1. The molecule has 0 radical (unpaired) electrons. The van der Waals surface area contributed by atoms with E-state index in [1.54, 1.807) is 0 Å². The lowest BCUT2D eigenvalue weighted by molar-refractivity contribution is 0.549. The Morgan fingerprint density at radius 2 is 2.19 bits per heavy atom. The first kappa shape index (κ1) is 10.6. The zero-order valence-electron chi connectivity index (χ0n) is 9.30. The first-order valence-corrected chi connectivity index (χ1v) is 6.89. The number of rotatable bonds is 3. The van der Waals surface area contributed by atoms with Crippen LogP contribution in [0.15, 0.2) is 22.7 Å². The molecule has 1 unspecified atom stereocenters. The first-order chi connectivity index (χ1) is 7.83. The standard InChI is InChI=1S/C13H17BrN2/c14-10-1-4-12-9(8-16-11-2-3-11)5-6-15-13(12)7-10/h1,4,7,9,11,15-16H,2-3,5-6,8H2. The van der Waals surface area contributed by atoms with Gasteiger partial charge in [0.2, 0.25) is 0 Å². The predicted octanol–water partition coefficient (Wildman–Crippen LogP) is 3.10. The highest BCUT2D eigenvalue weighted by atomic mass is 79.9. The van der Waals surface area contributed by atoms with Crippen LogP contribution in [0.25, 0.3) is 0 Å². The van der Waals surface area contributed by atoms with Crippen LogP contribution in [-0.4, -0.2) is 19.1 Å². The van der Waals surface area contributed by atoms with Crippen molar-refractivity contribution in [2.45, 2.75) is 31.2 Å². The van der Waals surface area contributed by atoms with Crippen molar-refractivity contribution in [1.82, 2.24) is 5.32 Å². The average molecular weight is 281 g/mol. The molecule has 86 valence electrons. The fourth-order valence-electron chi connectivity index (χ4n) is 2.38. The number of benzene rings is 1. The number of hydrogen-bond acceptors (Lipinski definition) is 2. The second kappa shape index (κ2) is 4.38. The summed E-state index contributed by atoms with van der Waals surface area (Å²) in [6, 6.07) is 7.41. The van der Waals surface area contributed by atoms with Crippen LogP contribution in [-0.2, 0) is 0 Å². The summed E-state index contributed by atoms with van der Waals surface area (Å²) < 4.78 is 1.16. The summed E-state index contributed by atoms with van der Waals surface area (Å²) in [6.07, 6.45) is 3.99. The number of halogens is 1. The molecule has 1 atom stereocenters. The van der Waals surface area contributed by atoms with Crippen LogP contribution in [0.4, 0.5) is 5.69 Å². The molecule has 1 aliphatic heterocycles. The molecule has 1 aromatic rings. The molecule has 2 aliphatic rings. The smallest absolute Gasteiger partial charge is 0.0387 e. The third-order valence-corrected chi connectivity index (χ3v) is 3.99. The molecule has 1 saturated carbocycles. The monoisotopic (exact) mass is 280 g/mol. The Kier molecular flexibility index (Phi) is 2.90. The van der Waals surface area contributed by atoms with Gasteiger partial charge in [0.1, 0.15) is 0 Å². The van der Waals surface area contributed by atoms with E-state index < -0.39 is 0 Å².